The number of rotatable bonds is 3. The fourth-order valence-electron chi connectivity index (χ4n) is 2.28. The molecule has 1 aromatic carbocycles. The van der Waals surface area contributed by atoms with Gasteiger partial charge in [0.15, 0.2) is 0 Å². The van der Waals surface area contributed by atoms with Crippen LogP contribution in [0.15, 0.2) is 18.2 Å². The molecule has 1 aliphatic rings. The molecule has 2 rings (SSSR count). The second-order valence-corrected chi connectivity index (χ2v) is 4.87. The molecule has 1 aromatic rings. The number of carbonyl (C=O) groups is 1. The van der Waals surface area contributed by atoms with E-state index in [0.717, 1.165) is 0 Å². The zero-order valence-corrected chi connectivity index (χ0v) is 10.6. The number of nitro groups is 1. The van der Waals surface area contributed by atoms with Crippen LogP contribution in [0.1, 0.15) is 17.3 Å². The summed E-state index contributed by atoms with van der Waals surface area (Å²) in [4.78, 5) is 23.6. The van der Waals surface area contributed by atoms with Crippen LogP contribution in [0.2, 0.25) is 0 Å². The Labute approximate surface area is 110 Å². The van der Waals surface area contributed by atoms with Gasteiger partial charge in [0.1, 0.15) is 5.69 Å². The first-order valence-corrected chi connectivity index (χ1v) is 5.99. The van der Waals surface area contributed by atoms with Crippen molar-refractivity contribution in [3.63, 3.8) is 0 Å². The first kappa shape index (κ1) is 13.3. The third kappa shape index (κ3) is 2.50. The zero-order chi connectivity index (χ0) is 14.2. The van der Waals surface area contributed by atoms with Crippen LogP contribution in [0.3, 0.4) is 0 Å². The Balaban J connectivity index is 2.40. The SMILES string of the molecule is CC1CN(c2ccc(C(N)=O)cc2[N+](=O)[O-])CC1N. The average molecular weight is 264 g/mol. The van der Waals surface area contributed by atoms with Gasteiger partial charge in [-0.25, -0.2) is 0 Å². The minimum Gasteiger partial charge on any atom is -0.366 e. The molecular formula is C12H16N4O3. The van der Waals surface area contributed by atoms with E-state index < -0.39 is 10.8 Å². The molecule has 0 saturated carbocycles. The number of nitrogens with zero attached hydrogens (tertiary/aromatic N) is 2. The normalized spacial score (nSPS) is 22.5. The molecule has 0 aromatic heterocycles. The molecule has 1 aliphatic heterocycles. The first-order valence-electron chi connectivity index (χ1n) is 5.99. The molecule has 0 bridgehead atoms. The summed E-state index contributed by atoms with van der Waals surface area (Å²) in [5.41, 5.74) is 11.6. The second-order valence-electron chi connectivity index (χ2n) is 4.87. The van der Waals surface area contributed by atoms with Gasteiger partial charge < -0.3 is 16.4 Å². The highest BCUT2D eigenvalue weighted by Crippen LogP contribution is 2.32. The molecule has 102 valence electrons. The number of nitro benzene ring substituents is 1. The van der Waals surface area contributed by atoms with Gasteiger partial charge >= 0.3 is 0 Å². The highest BCUT2D eigenvalue weighted by molar-refractivity contribution is 5.94. The summed E-state index contributed by atoms with van der Waals surface area (Å²) in [6.07, 6.45) is 0. The highest BCUT2D eigenvalue weighted by atomic mass is 16.6. The summed E-state index contributed by atoms with van der Waals surface area (Å²) in [5, 5.41) is 11.1. The zero-order valence-electron chi connectivity index (χ0n) is 10.6. The first-order chi connectivity index (χ1) is 8.90. The molecule has 2 unspecified atom stereocenters. The average Bonchev–Trinajstić information content (AvgIpc) is 2.68. The smallest absolute Gasteiger partial charge is 0.293 e. The number of benzene rings is 1. The van der Waals surface area contributed by atoms with Gasteiger partial charge in [0.25, 0.3) is 5.69 Å². The second kappa shape index (κ2) is 4.85. The molecule has 19 heavy (non-hydrogen) atoms. The van der Waals surface area contributed by atoms with E-state index in [9.17, 15) is 14.9 Å². The van der Waals surface area contributed by atoms with Crippen molar-refractivity contribution in [2.45, 2.75) is 13.0 Å². The van der Waals surface area contributed by atoms with Gasteiger partial charge in [-0.15, -0.1) is 0 Å². The Bertz CT molecular complexity index is 522. The van der Waals surface area contributed by atoms with Gasteiger partial charge in [0.05, 0.1) is 4.92 Å². The minimum atomic E-state index is -0.679. The van der Waals surface area contributed by atoms with Crippen LogP contribution in [-0.2, 0) is 0 Å². The number of hydrogen-bond donors (Lipinski definition) is 2. The predicted octanol–water partition coefficient (Wildman–Crippen LogP) is 0.477. The van der Waals surface area contributed by atoms with Gasteiger partial charge in [0, 0.05) is 30.8 Å². The monoisotopic (exact) mass is 264 g/mol. The van der Waals surface area contributed by atoms with Crippen LogP contribution in [0, 0.1) is 16.0 Å². The lowest BCUT2D eigenvalue weighted by molar-refractivity contribution is -0.384. The Hall–Kier alpha value is -2.15. The topological polar surface area (TPSA) is 115 Å². The summed E-state index contributed by atoms with van der Waals surface area (Å²) in [5.74, 6) is -0.406. The van der Waals surface area contributed by atoms with Crippen molar-refractivity contribution >= 4 is 17.3 Å². The van der Waals surface area contributed by atoms with Crippen molar-refractivity contribution in [2.75, 3.05) is 18.0 Å². The van der Waals surface area contributed by atoms with Crippen molar-refractivity contribution in [1.29, 1.82) is 0 Å². The molecule has 1 fully saturated rings. The Morgan fingerprint density at radius 3 is 2.63 bits per heavy atom. The van der Waals surface area contributed by atoms with Gasteiger partial charge in [-0.1, -0.05) is 6.92 Å². The third-order valence-corrected chi connectivity index (χ3v) is 3.47. The molecule has 1 heterocycles. The molecular weight excluding hydrogens is 248 g/mol. The third-order valence-electron chi connectivity index (χ3n) is 3.47. The molecule has 0 radical (unpaired) electrons. The van der Waals surface area contributed by atoms with E-state index in [4.69, 9.17) is 11.5 Å². The van der Waals surface area contributed by atoms with E-state index in [2.05, 4.69) is 0 Å². The van der Waals surface area contributed by atoms with Gasteiger partial charge in [-0.05, 0) is 18.1 Å². The van der Waals surface area contributed by atoms with Crippen molar-refractivity contribution in [3.05, 3.63) is 33.9 Å². The van der Waals surface area contributed by atoms with E-state index in [1.54, 1.807) is 6.07 Å². The maximum Gasteiger partial charge on any atom is 0.293 e. The van der Waals surface area contributed by atoms with Crippen LogP contribution in [0.4, 0.5) is 11.4 Å². The van der Waals surface area contributed by atoms with Crippen LogP contribution in [0.5, 0.6) is 0 Å². The number of hydrogen-bond acceptors (Lipinski definition) is 5. The van der Waals surface area contributed by atoms with E-state index >= 15 is 0 Å². The van der Waals surface area contributed by atoms with Gasteiger partial charge in [-0.3, -0.25) is 14.9 Å². The minimum absolute atomic E-state index is 0.00424. The Kier molecular flexibility index (Phi) is 3.39. The molecule has 1 saturated heterocycles. The number of amides is 1. The molecule has 1 amide bonds. The number of carbonyl (C=O) groups excluding carboxylic acids is 1. The number of nitrogens with two attached hydrogens (primary N) is 2. The lowest BCUT2D eigenvalue weighted by Crippen LogP contribution is -2.28. The van der Waals surface area contributed by atoms with Crippen LogP contribution in [0.25, 0.3) is 0 Å². The quantitative estimate of drug-likeness (QED) is 0.608. The fourth-order valence-corrected chi connectivity index (χ4v) is 2.28. The van der Waals surface area contributed by atoms with Crippen molar-refractivity contribution in [3.8, 4) is 0 Å². The van der Waals surface area contributed by atoms with Crippen LogP contribution < -0.4 is 16.4 Å². The Morgan fingerprint density at radius 1 is 1.47 bits per heavy atom. The molecule has 0 spiro atoms. The molecule has 2 atom stereocenters. The standard InChI is InChI=1S/C12H16N4O3/c1-7-5-15(6-9(7)13)10-3-2-8(12(14)17)4-11(10)16(18)19/h2-4,7,9H,5-6,13H2,1H3,(H2,14,17). The van der Waals surface area contributed by atoms with Gasteiger partial charge in [0.2, 0.25) is 5.91 Å². The largest absolute Gasteiger partial charge is 0.366 e. The van der Waals surface area contributed by atoms with Crippen molar-refractivity contribution in [2.24, 2.45) is 17.4 Å². The maximum absolute atomic E-state index is 11.1. The summed E-state index contributed by atoms with van der Waals surface area (Å²) < 4.78 is 0. The lowest BCUT2D eigenvalue weighted by Gasteiger charge is -2.18. The predicted molar refractivity (Wildman–Crippen MR) is 71.0 cm³/mol. The van der Waals surface area contributed by atoms with Crippen molar-refractivity contribution in [1.82, 2.24) is 0 Å². The van der Waals surface area contributed by atoms with Crippen molar-refractivity contribution < 1.29 is 9.72 Å². The molecule has 4 N–H and O–H groups in total. The van der Waals surface area contributed by atoms with Gasteiger partial charge in [-0.2, -0.15) is 0 Å². The van der Waals surface area contributed by atoms with E-state index in [0.29, 0.717) is 18.8 Å². The maximum atomic E-state index is 11.1. The van der Waals surface area contributed by atoms with E-state index in [1.807, 2.05) is 11.8 Å². The fraction of sp³-hybridized carbons (Fsp3) is 0.417. The van der Waals surface area contributed by atoms with Crippen LogP contribution >= 0.6 is 0 Å². The summed E-state index contributed by atoms with van der Waals surface area (Å²) in [6.45, 7) is 3.24. The highest BCUT2D eigenvalue weighted by Gasteiger charge is 2.30. The van der Waals surface area contributed by atoms with E-state index in [1.165, 1.54) is 12.1 Å². The molecule has 0 aliphatic carbocycles. The molecule has 7 heteroatoms. The Morgan fingerprint density at radius 2 is 2.16 bits per heavy atom. The number of primary amides is 1. The summed E-state index contributed by atoms with van der Waals surface area (Å²) in [6, 6.07) is 4.27. The van der Waals surface area contributed by atoms with Crippen LogP contribution in [-0.4, -0.2) is 30.0 Å². The van der Waals surface area contributed by atoms with E-state index in [-0.39, 0.29) is 23.2 Å². The molecule has 7 nitrogen and oxygen atoms in total. The summed E-state index contributed by atoms with van der Waals surface area (Å²) in [7, 11) is 0. The number of anilines is 1. The lowest BCUT2D eigenvalue weighted by atomic mass is 10.1. The summed E-state index contributed by atoms with van der Waals surface area (Å²) >= 11 is 0.